The van der Waals surface area contributed by atoms with Crippen LogP contribution in [0.1, 0.15) is 12.5 Å². The normalized spacial score (nSPS) is 14.8. The summed E-state index contributed by atoms with van der Waals surface area (Å²) in [5, 5.41) is 25.1. The molecule has 10 nitrogen and oxygen atoms in total. The van der Waals surface area contributed by atoms with Gasteiger partial charge < -0.3 is 31.9 Å². The third-order valence-electron chi connectivity index (χ3n) is 4.00. The smallest absolute Gasteiger partial charge is 0.325 e. The number of carbonyl (C=O) groups is 4. The van der Waals surface area contributed by atoms with Crippen molar-refractivity contribution < 1.29 is 29.4 Å². The van der Waals surface area contributed by atoms with Crippen LogP contribution < -0.4 is 21.7 Å². The van der Waals surface area contributed by atoms with E-state index >= 15 is 0 Å². The first-order valence-electron chi connectivity index (χ1n) is 8.84. The van der Waals surface area contributed by atoms with Crippen molar-refractivity contribution in [3.05, 3.63) is 35.9 Å². The third-order valence-corrected chi connectivity index (χ3v) is 4.36. The highest BCUT2D eigenvalue weighted by atomic mass is 32.1. The van der Waals surface area contributed by atoms with E-state index in [9.17, 15) is 24.3 Å². The van der Waals surface area contributed by atoms with Crippen LogP contribution in [0.4, 0.5) is 0 Å². The molecule has 1 rings (SSSR count). The van der Waals surface area contributed by atoms with Gasteiger partial charge in [0.25, 0.3) is 0 Å². The number of carboxylic acids is 1. The number of nitrogens with two attached hydrogens (primary N) is 1. The first-order valence-corrected chi connectivity index (χ1v) is 9.48. The number of aliphatic carboxylic acids is 1. The van der Waals surface area contributed by atoms with E-state index < -0.39 is 54.5 Å². The van der Waals surface area contributed by atoms with E-state index in [0.717, 1.165) is 5.56 Å². The Labute approximate surface area is 173 Å². The van der Waals surface area contributed by atoms with Crippen molar-refractivity contribution in [2.24, 2.45) is 5.73 Å². The Morgan fingerprint density at radius 3 is 2.07 bits per heavy atom. The van der Waals surface area contributed by atoms with Crippen molar-refractivity contribution in [1.29, 1.82) is 0 Å². The van der Waals surface area contributed by atoms with Crippen molar-refractivity contribution in [3.8, 4) is 0 Å². The molecule has 160 valence electrons. The number of benzene rings is 1. The number of carbonyl (C=O) groups excluding carboxylic acids is 3. The number of hydrogen-bond donors (Lipinski definition) is 7. The molecule has 0 aliphatic carbocycles. The molecule has 0 aromatic heterocycles. The topological polar surface area (TPSA) is 171 Å². The van der Waals surface area contributed by atoms with Gasteiger partial charge in [0, 0.05) is 5.75 Å². The van der Waals surface area contributed by atoms with Gasteiger partial charge in [-0.1, -0.05) is 30.3 Å². The molecule has 0 spiro atoms. The Morgan fingerprint density at radius 2 is 1.55 bits per heavy atom. The van der Waals surface area contributed by atoms with Gasteiger partial charge in [-0.3, -0.25) is 19.2 Å². The second-order valence-electron chi connectivity index (χ2n) is 6.35. The van der Waals surface area contributed by atoms with Gasteiger partial charge in [0.15, 0.2) is 0 Å². The van der Waals surface area contributed by atoms with Crippen LogP contribution in [-0.2, 0) is 25.6 Å². The van der Waals surface area contributed by atoms with Gasteiger partial charge in [-0.05, 0) is 18.9 Å². The molecule has 7 N–H and O–H groups in total. The SMILES string of the molecule is CC(NC(=O)C(CS)NC(=O)C(CO)NC(=O)C(N)Cc1ccccc1)C(=O)O. The van der Waals surface area contributed by atoms with Gasteiger partial charge in [0.05, 0.1) is 12.6 Å². The van der Waals surface area contributed by atoms with E-state index in [0.29, 0.717) is 0 Å². The predicted octanol–water partition coefficient (Wildman–Crippen LogP) is -1.96. The molecule has 0 aliphatic heterocycles. The minimum atomic E-state index is -1.34. The molecule has 1 aromatic carbocycles. The van der Waals surface area contributed by atoms with E-state index in [1.165, 1.54) is 6.92 Å². The zero-order valence-corrected chi connectivity index (χ0v) is 16.8. The number of amides is 3. The Hall–Kier alpha value is -2.63. The average Bonchev–Trinajstić information content (AvgIpc) is 2.70. The average molecular weight is 426 g/mol. The van der Waals surface area contributed by atoms with Crippen LogP contribution in [0.3, 0.4) is 0 Å². The quantitative estimate of drug-likeness (QED) is 0.201. The summed E-state index contributed by atoms with van der Waals surface area (Å²) in [6, 6.07) is 4.44. The lowest BCUT2D eigenvalue weighted by molar-refractivity contribution is -0.141. The molecule has 0 bridgehead atoms. The van der Waals surface area contributed by atoms with Crippen LogP contribution in [0, 0.1) is 0 Å². The van der Waals surface area contributed by atoms with Gasteiger partial charge in [0.2, 0.25) is 17.7 Å². The van der Waals surface area contributed by atoms with E-state index in [2.05, 4.69) is 28.6 Å². The predicted molar refractivity (Wildman–Crippen MR) is 108 cm³/mol. The molecule has 0 fully saturated rings. The van der Waals surface area contributed by atoms with Crippen molar-refractivity contribution in [3.63, 3.8) is 0 Å². The van der Waals surface area contributed by atoms with Gasteiger partial charge >= 0.3 is 5.97 Å². The van der Waals surface area contributed by atoms with E-state index in [1.807, 2.05) is 6.07 Å². The largest absolute Gasteiger partial charge is 0.480 e. The highest BCUT2D eigenvalue weighted by Gasteiger charge is 2.28. The van der Waals surface area contributed by atoms with Crippen LogP contribution in [0.5, 0.6) is 0 Å². The Morgan fingerprint density at radius 1 is 1.00 bits per heavy atom. The first-order chi connectivity index (χ1) is 13.7. The van der Waals surface area contributed by atoms with Crippen molar-refractivity contribution in [2.45, 2.75) is 37.5 Å². The summed E-state index contributed by atoms with van der Waals surface area (Å²) in [7, 11) is 0. The first kappa shape index (κ1) is 24.4. The monoisotopic (exact) mass is 426 g/mol. The molecule has 3 amide bonds. The van der Waals surface area contributed by atoms with Gasteiger partial charge in [-0.25, -0.2) is 0 Å². The lowest BCUT2D eigenvalue weighted by Crippen LogP contribution is -2.58. The molecule has 0 saturated carbocycles. The fraction of sp³-hybridized carbons (Fsp3) is 0.444. The van der Waals surface area contributed by atoms with Crippen LogP contribution in [0.2, 0.25) is 0 Å². The summed E-state index contributed by atoms with van der Waals surface area (Å²) >= 11 is 3.97. The van der Waals surface area contributed by atoms with E-state index in [4.69, 9.17) is 10.8 Å². The number of nitrogens with one attached hydrogen (secondary N) is 3. The number of hydrogen-bond acceptors (Lipinski definition) is 7. The molecule has 0 saturated heterocycles. The number of thiol groups is 1. The Balaban J connectivity index is 2.65. The van der Waals surface area contributed by atoms with Crippen LogP contribution in [0.25, 0.3) is 0 Å². The summed E-state index contributed by atoms with van der Waals surface area (Å²) in [5.41, 5.74) is 6.69. The summed E-state index contributed by atoms with van der Waals surface area (Å²) < 4.78 is 0. The fourth-order valence-corrected chi connectivity index (χ4v) is 2.53. The lowest BCUT2D eigenvalue weighted by Gasteiger charge is -2.23. The summed E-state index contributed by atoms with van der Waals surface area (Å²) in [6.07, 6.45) is 0.237. The molecule has 11 heteroatoms. The minimum absolute atomic E-state index is 0.121. The summed E-state index contributed by atoms with van der Waals surface area (Å²) in [4.78, 5) is 47.5. The van der Waals surface area contributed by atoms with E-state index in [1.54, 1.807) is 24.3 Å². The maximum Gasteiger partial charge on any atom is 0.325 e. The maximum atomic E-state index is 12.3. The Bertz CT molecular complexity index is 718. The second kappa shape index (κ2) is 12.0. The van der Waals surface area contributed by atoms with Crippen LogP contribution in [0.15, 0.2) is 30.3 Å². The number of aliphatic hydroxyl groups excluding tert-OH is 1. The zero-order valence-electron chi connectivity index (χ0n) is 15.9. The zero-order chi connectivity index (χ0) is 22.0. The van der Waals surface area contributed by atoms with Gasteiger partial charge in [-0.2, -0.15) is 12.6 Å². The minimum Gasteiger partial charge on any atom is -0.480 e. The van der Waals surface area contributed by atoms with Crippen molar-refractivity contribution in [2.75, 3.05) is 12.4 Å². The standard InChI is InChI=1S/C18H26N4O6S/c1-10(18(27)28)20-17(26)14(9-29)22-16(25)13(8-23)21-15(24)12(19)7-11-5-3-2-4-6-11/h2-6,10,12-14,23,29H,7-9,19H2,1H3,(H,20,26)(H,21,24)(H,22,25)(H,27,28). The molecule has 4 atom stereocenters. The Kier molecular flexibility index (Phi) is 10.1. The second-order valence-corrected chi connectivity index (χ2v) is 6.72. The molecule has 1 aromatic rings. The van der Waals surface area contributed by atoms with Crippen LogP contribution >= 0.6 is 12.6 Å². The molecule has 0 heterocycles. The van der Waals surface area contributed by atoms with Crippen molar-refractivity contribution in [1.82, 2.24) is 16.0 Å². The number of carboxylic acid groups (broad SMARTS) is 1. The van der Waals surface area contributed by atoms with Gasteiger partial charge in [0.1, 0.15) is 18.1 Å². The van der Waals surface area contributed by atoms with Crippen LogP contribution in [-0.4, -0.2) is 70.4 Å². The summed E-state index contributed by atoms with van der Waals surface area (Å²) in [6.45, 7) is 0.546. The highest BCUT2D eigenvalue weighted by Crippen LogP contribution is 2.02. The molecular formula is C18H26N4O6S. The lowest BCUT2D eigenvalue weighted by atomic mass is 10.1. The third kappa shape index (κ3) is 8.10. The number of rotatable bonds is 11. The van der Waals surface area contributed by atoms with Crippen molar-refractivity contribution >= 4 is 36.3 Å². The molecule has 0 aliphatic rings. The van der Waals surface area contributed by atoms with E-state index in [-0.39, 0.29) is 12.2 Å². The summed E-state index contributed by atoms with van der Waals surface area (Å²) in [5.74, 6) is -3.59. The molecule has 4 unspecified atom stereocenters. The molecular weight excluding hydrogens is 400 g/mol. The molecule has 0 radical (unpaired) electrons. The highest BCUT2D eigenvalue weighted by molar-refractivity contribution is 7.80. The van der Waals surface area contributed by atoms with Gasteiger partial charge in [-0.15, -0.1) is 0 Å². The number of aliphatic hydroxyl groups is 1. The maximum absolute atomic E-state index is 12.3. The fourth-order valence-electron chi connectivity index (χ4n) is 2.28. The molecule has 29 heavy (non-hydrogen) atoms.